The predicted molar refractivity (Wildman–Crippen MR) is 74.2 cm³/mol. The molecule has 106 valence electrons. The molecule has 0 fully saturated rings. The van der Waals surface area contributed by atoms with Crippen molar-refractivity contribution in [3.8, 4) is 5.75 Å². The Morgan fingerprint density at radius 2 is 2.05 bits per heavy atom. The summed E-state index contributed by atoms with van der Waals surface area (Å²) in [7, 11) is -3.24. The van der Waals surface area contributed by atoms with Crippen molar-refractivity contribution in [1.29, 1.82) is 0 Å². The van der Waals surface area contributed by atoms with Gasteiger partial charge in [0.1, 0.15) is 5.75 Å². The summed E-state index contributed by atoms with van der Waals surface area (Å²) in [6.07, 6.45) is 0. The molecule has 0 unspecified atom stereocenters. The zero-order valence-corrected chi connectivity index (χ0v) is 11.7. The van der Waals surface area contributed by atoms with E-state index in [9.17, 15) is 18.3 Å². The molecular formula is C11H15ClN2O4S. The number of amides is 1. The van der Waals surface area contributed by atoms with E-state index < -0.39 is 15.7 Å². The smallest absolute Gasteiger partial charge is 0.251 e. The van der Waals surface area contributed by atoms with Gasteiger partial charge in [0.2, 0.25) is 0 Å². The summed E-state index contributed by atoms with van der Waals surface area (Å²) in [6.45, 7) is -0.00115. The first-order chi connectivity index (χ1) is 8.85. The number of sulfone groups is 1. The highest BCUT2D eigenvalue weighted by atomic mass is 35.5. The zero-order chi connectivity index (χ0) is 14.5. The number of hydrogen-bond donors (Lipinski definition) is 3. The minimum absolute atomic E-state index is 0.00115. The molecule has 0 aliphatic carbocycles. The molecule has 8 heteroatoms. The molecule has 1 amide bonds. The van der Waals surface area contributed by atoms with Gasteiger partial charge in [-0.15, -0.1) is 11.6 Å². The summed E-state index contributed by atoms with van der Waals surface area (Å²) in [5.74, 6) is -0.811. The molecule has 0 aromatic heterocycles. The molecule has 4 N–H and O–H groups in total. The molecule has 19 heavy (non-hydrogen) atoms. The van der Waals surface area contributed by atoms with Crippen LogP contribution in [0.25, 0.3) is 0 Å². The maximum absolute atomic E-state index is 11.7. The van der Waals surface area contributed by atoms with Gasteiger partial charge in [-0.2, -0.15) is 0 Å². The molecular weight excluding hydrogens is 292 g/mol. The van der Waals surface area contributed by atoms with Gasteiger partial charge in [0.25, 0.3) is 5.91 Å². The summed E-state index contributed by atoms with van der Waals surface area (Å²) in [5.41, 5.74) is 5.80. The number of carbonyl (C=O) groups excluding carboxylic acids is 1. The summed E-state index contributed by atoms with van der Waals surface area (Å²) >= 11 is 5.35. The molecule has 0 saturated heterocycles. The van der Waals surface area contributed by atoms with Crippen LogP contribution in [0.1, 0.15) is 10.4 Å². The van der Waals surface area contributed by atoms with E-state index in [0.717, 1.165) is 0 Å². The van der Waals surface area contributed by atoms with Gasteiger partial charge in [0.05, 0.1) is 17.2 Å². The Morgan fingerprint density at radius 3 is 2.63 bits per heavy atom. The Bertz CT molecular complexity index is 560. The van der Waals surface area contributed by atoms with E-state index in [1.54, 1.807) is 0 Å². The number of alkyl halides is 1. The average Bonchev–Trinajstić information content (AvgIpc) is 2.32. The Kier molecular flexibility index (Phi) is 5.44. The third kappa shape index (κ3) is 4.96. The molecule has 0 aliphatic heterocycles. The normalized spacial score (nSPS) is 11.2. The number of nitrogens with one attached hydrogen (secondary N) is 1. The first-order valence-electron chi connectivity index (χ1n) is 5.49. The van der Waals surface area contributed by atoms with Crippen LogP contribution in [0.15, 0.2) is 18.2 Å². The number of nitrogen functional groups attached to an aromatic ring is 1. The lowest BCUT2D eigenvalue weighted by molar-refractivity contribution is 0.0956. The standard InChI is InChI=1S/C11H15ClN2O4S/c12-3-5-19(17,18)6-4-14-11(16)8-1-2-10(15)9(13)7-8/h1-2,7,15H,3-6,13H2,(H,14,16). The van der Waals surface area contributed by atoms with Crippen LogP contribution >= 0.6 is 11.6 Å². The molecule has 0 radical (unpaired) electrons. The second-order valence-corrected chi connectivity index (χ2v) is 6.55. The van der Waals surface area contributed by atoms with Gasteiger partial charge >= 0.3 is 0 Å². The minimum atomic E-state index is -3.24. The van der Waals surface area contributed by atoms with Gasteiger partial charge in [-0.25, -0.2) is 8.42 Å². The van der Waals surface area contributed by atoms with E-state index in [1.807, 2.05) is 0 Å². The van der Waals surface area contributed by atoms with Crippen LogP contribution in [0.2, 0.25) is 0 Å². The minimum Gasteiger partial charge on any atom is -0.506 e. The van der Waals surface area contributed by atoms with Crippen LogP contribution in [-0.4, -0.2) is 43.4 Å². The second-order valence-electron chi connectivity index (χ2n) is 3.87. The average molecular weight is 307 g/mol. The number of nitrogens with two attached hydrogens (primary N) is 1. The summed E-state index contributed by atoms with van der Waals surface area (Å²) < 4.78 is 22.7. The summed E-state index contributed by atoms with van der Waals surface area (Å²) in [6, 6.07) is 4.01. The molecule has 1 aromatic rings. The van der Waals surface area contributed by atoms with Crippen molar-refractivity contribution >= 4 is 33.0 Å². The number of carbonyl (C=O) groups is 1. The molecule has 0 spiro atoms. The number of aromatic hydroxyl groups is 1. The third-order valence-electron chi connectivity index (χ3n) is 2.38. The lowest BCUT2D eigenvalue weighted by atomic mass is 10.2. The number of phenolic OH excluding ortho intramolecular Hbond substituents is 1. The lowest BCUT2D eigenvalue weighted by Gasteiger charge is -2.07. The number of hydrogen-bond acceptors (Lipinski definition) is 5. The molecule has 0 aliphatic rings. The van der Waals surface area contributed by atoms with Crippen LogP contribution in [0.4, 0.5) is 5.69 Å². The second kappa shape index (κ2) is 6.63. The highest BCUT2D eigenvalue weighted by Gasteiger charge is 2.12. The highest BCUT2D eigenvalue weighted by Crippen LogP contribution is 2.20. The van der Waals surface area contributed by atoms with Crippen molar-refractivity contribution in [1.82, 2.24) is 5.32 Å². The van der Waals surface area contributed by atoms with Gasteiger partial charge in [0.15, 0.2) is 9.84 Å². The Labute approximate surface area is 116 Å². The number of benzene rings is 1. The third-order valence-corrected chi connectivity index (χ3v) is 4.44. The van der Waals surface area contributed by atoms with Crippen LogP contribution in [0.3, 0.4) is 0 Å². The maximum Gasteiger partial charge on any atom is 0.251 e. The van der Waals surface area contributed by atoms with Gasteiger partial charge in [-0.05, 0) is 18.2 Å². The van der Waals surface area contributed by atoms with Crippen molar-refractivity contribution in [2.24, 2.45) is 0 Å². The van der Waals surface area contributed by atoms with E-state index in [4.69, 9.17) is 17.3 Å². The summed E-state index contributed by atoms with van der Waals surface area (Å²) in [4.78, 5) is 11.7. The van der Waals surface area contributed by atoms with Crippen LogP contribution < -0.4 is 11.1 Å². The Hall–Kier alpha value is -1.47. The first-order valence-corrected chi connectivity index (χ1v) is 7.84. The monoisotopic (exact) mass is 306 g/mol. The lowest BCUT2D eigenvalue weighted by Crippen LogP contribution is -2.30. The summed E-state index contributed by atoms with van der Waals surface area (Å²) in [5, 5.41) is 11.7. The molecule has 0 atom stereocenters. The van der Waals surface area contributed by atoms with Crippen LogP contribution in [0, 0.1) is 0 Å². The van der Waals surface area contributed by atoms with Gasteiger partial charge in [0, 0.05) is 18.0 Å². The molecule has 1 aromatic carbocycles. The van der Waals surface area contributed by atoms with E-state index in [1.165, 1.54) is 18.2 Å². The highest BCUT2D eigenvalue weighted by molar-refractivity contribution is 7.91. The molecule has 1 rings (SSSR count). The molecule has 0 saturated carbocycles. The number of halogens is 1. The topological polar surface area (TPSA) is 109 Å². The van der Waals surface area contributed by atoms with Crippen molar-refractivity contribution in [2.45, 2.75) is 0 Å². The Morgan fingerprint density at radius 1 is 1.37 bits per heavy atom. The van der Waals surface area contributed by atoms with Gasteiger partial charge in [-0.1, -0.05) is 0 Å². The number of phenols is 1. The van der Waals surface area contributed by atoms with Crippen LogP contribution in [0.5, 0.6) is 5.75 Å². The fraction of sp³-hybridized carbons (Fsp3) is 0.364. The molecule has 0 heterocycles. The maximum atomic E-state index is 11.7. The van der Waals surface area contributed by atoms with E-state index in [2.05, 4.69) is 5.32 Å². The predicted octanol–water partition coefficient (Wildman–Crippen LogP) is 0.358. The SMILES string of the molecule is Nc1cc(C(=O)NCCS(=O)(=O)CCCl)ccc1O. The number of anilines is 1. The largest absolute Gasteiger partial charge is 0.506 e. The Balaban J connectivity index is 2.54. The van der Waals surface area contributed by atoms with E-state index >= 15 is 0 Å². The van der Waals surface area contributed by atoms with Crippen molar-refractivity contribution in [3.63, 3.8) is 0 Å². The van der Waals surface area contributed by atoms with Crippen molar-refractivity contribution < 1.29 is 18.3 Å². The fourth-order valence-corrected chi connectivity index (χ4v) is 2.90. The quantitative estimate of drug-likeness (QED) is 0.399. The molecule has 6 nitrogen and oxygen atoms in total. The number of rotatable bonds is 6. The zero-order valence-electron chi connectivity index (χ0n) is 10.1. The van der Waals surface area contributed by atoms with Crippen molar-refractivity contribution in [3.05, 3.63) is 23.8 Å². The first kappa shape index (κ1) is 15.6. The van der Waals surface area contributed by atoms with Gasteiger partial charge in [-0.3, -0.25) is 4.79 Å². The fourth-order valence-electron chi connectivity index (χ4n) is 1.34. The van der Waals surface area contributed by atoms with Crippen molar-refractivity contribution in [2.75, 3.05) is 29.7 Å². The van der Waals surface area contributed by atoms with Crippen LogP contribution in [-0.2, 0) is 9.84 Å². The van der Waals surface area contributed by atoms with Gasteiger partial charge < -0.3 is 16.2 Å². The van der Waals surface area contributed by atoms with E-state index in [0.29, 0.717) is 0 Å². The van der Waals surface area contributed by atoms with E-state index in [-0.39, 0.29) is 40.9 Å². The molecule has 0 bridgehead atoms.